The van der Waals surface area contributed by atoms with Gasteiger partial charge in [0.05, 0.1) is 11.6 Å². The van der Waals surface area contributed by atoms with E-state index in [9.17, 15) is 9.90 Å². The molecule has 4 nitrogen and oxygen atoms in total. The van der Waals surface area contributed by atoms with Gasteiger partial charge in [0.25, 0.3) is 0 Å². The highest BCUT2D eigenvalue weighted by Crippen LogP contribution is 2.45. The summed E-state index contributed by atoms with van der Waals surface area (Å²) in [6, 6.07) is 9.32. The van der Waals surface area contributed by atoms with Crippen LogP contribution >= 0.6 is 0 Å². The van der Waals surface area contributed by atoms with Gasteiger partial charge in [0.15, 0.2) is 0 Å². The second-order valence-electron chi connectivity index (χ2n) is 6.25. The molecular formula is C17H20N2O2. The summed E-state index contributed by atoms with van der Waals surface area (Å²) in [6.07, 6.45) is 3.34. The van der Waals surface area contributed by atoms with Gasteiger partial charge in [0.1, 0.15) is 6.04 Å². The number of nitriles is 1. The molecule has 0 aromatic heterocycles. The maximum atomic E-state index is 11.7. The van der Waals surface area contributed by atoms with Crippen molar-refractivity contribution in [1.29, 1.82) is 5.26 Å². The molecule has 0 amide bonds. The molecule has 1 N–H and O–H groups in total. The van der Waals surface area contributed by atoms with Crippen LogP contribution in [0.15, 0.2) is 24.3 Å². The summed E-state index contributed by atoms with van der Waals surface area (Å²) >= 11 is 0. The Bertz CT molecular complexity index is 593. The smallest absolute Gasteiger partial charge is 0.321 e. The van der Waals surface area contributed by atoms with Crippen molar-refractivity contribution in [2.24, 2.45) is 11.8 Å². The van der Waals surface area contributed by atoms with E-state index in [-0.39, 0.29) is 12.1 Å². The lowest BCUT2D eigenvalue weighted by Gasteiger charge is -2.30. The molecule has 1 aliphatic heterocycles. The average Bonchev–Trinajstić information content (AvgIpc) is 3.06. The molecule has 1 aliphatic carbocycles. The average molecular weight is 284 g/mol. The van der Waals surface area contributed by atoms with Crippen LogP contribution in [-0.4, -0.2) is 28.6 Å². The number of nitrogens with zero attached hydrogens (tertiary/aromatic N) is 2. The van der Waals surface area contributed by atoms with Crippen LogP contribution in [0.5, 0.6) is 0 Å². The van der Waals surface area contributed by atoms with E-state index in [2.05, 4.69) is 11.0 Å². The third kappa shape index (κ3) is 2.43. The summed E-state index contributed by atoms with van der Waals surface area (Å²) in [6.45, 7) is 2.91. The van der Waals surface area contributed by atoms with Crippen molar-refractivity contribution >= 4 is 5.97 Å². The fourth-order valence-electron chi connectivity index (χ4n) is 4.12. The van der Waals surface area contributed by atoms with E-state index in [0.717, 1.165) is 31.4 Å². The van der Waals surface area contributed by atoms with Crippen LogP contribution in [0, 0.1) is 23.2 Å². The molecular weight excluding hydrogens is 264 g/mol. The maximum absolute atomic E-state index is 11.7. The zero-order chi connectivity index (χ0) is 15.0. The van der Waals surface area contributed by atoms with Gasteiger partial charge in [-0.3, -0.25) is 9.69 Å². The molecule has 1 saturated carbocycles. The van der Waals surface area contributed by atoms with E-state index in [4.69, 9.17) is 5.26 Å². The van der Waals surface area contributed by atoms with Gasteiger partial charge in [-0.05, 0) is 49.3 Å². The van der Waals surface area contributed by atoms with Gasteiger partial charge in [0, 0.05) is 12.6 Å². The van der Waals surface area contributed by atoms with E-state index in [1.807, 2.05) is 25.1 Å². The number of rotatable bonds is 3. The summed E-state index contributed by atoms with van der Waals surface area (Å²) in [4.78, 5) is 13.8. The number of hydrogen-bond donors (Lipinski definition) is 1. The van der Waals surface area contributed by atoms with Crippen LogP contribution in [0.2, 0.25) is 0 Å². The van der Waals surface area contributed by atoms with Gasteiger partial charge in [-0.15, -0.1) is 0 Å². The first-order valence-corrected chi connectivity index (χ1v) is 7.60. The zero-order valence-electron chi connectivity index (χ0n) is 12.2. The third-order valence-electron chi connectivity index (χ3n) is 5.17. The van der Waals surface area contributed by atoms with Gasteiger partial charge in [0.2, 0.25) is 0 Å². The Morgan fingerprint density at radius 1 is 1.48 bits per heavy atom. The number of carboxylic acid groups (broad SMARTS) is 1. The number of benzene rings is 1. The molecule has 3 rings (SSSR count). The number of carboxylic acids is 1. The number of hydrogen-bond acceptors (Lipinski definition) is 3. The van der Waals surface area contributed by atoms with E-state index in [1.54, 1.807) is 6.07 Å². The maximum Gasteiger partial charge on any atom is 0.321 e. The first-order valence-electron chi connectivity index (χ1n) is 7.60. The van der Waals surface area contributed by atoms with Crippen molar-refractivity contribution < 1.29 is 9.90 Å². The van der Waals surface area contributed by atoms with Gasteiger partial charge >= 0.3 is 5.97 Å². The first-order chi connectivity index (χ1) is 10.1. The molecule has 0 bridgehead atoms. The molecule has 1 saturated heterocycles. The Morgan fingerprint density at radius 2 is 2.29 bits per heavy atom. The van der Waals surface area contributed by atoms with E-state index >= 15 is 0 Å². The second-order valence-corrected chi connectivity index (χ2v) is 6.25. The predicted octanol–water partition coefficient (Wildman–Crippen LogP) is 2.80. The molecule has 21 heavy (non-hydrogen) atoms. The lowest BCUT2D eigenvalue weighted by Crippen LogP contribution is -2.41. The van der Waals surface area contributed by atoms with Crippen LogP contribution in [0.3, 0.4) is 0 Å². The van der Waals surface area contributed by atoms with E-state index < -0.39 is 5.97 Å². The molecule has 110 valence electrons. The molecule has 1 aromatic rings. The minimum absolute atomic E-state index is 0.0324. The minimum atomic E-state index is -0.701. The lowest BCUT2D eigenvalue weighted by molar-refractivity contribution is -0.144. The summed E-state index contributed by atoms with van der Waals surface area (Å²) in [7, 11) is 0. The molecule has 2 aliphatic rings. The zero-order valence-corrected chi connectivity index (χ0v) is 12.2. The highest BCUT2D eigenvalue weighted by Gasteiger charge is 2.49. The minimum Gasteiger partial charge on any atom is -0.480 e. The summed E-state index contributed by atoms with van der Waals surface area (Å²) in [5, 5.41) is 18.7. The van der Waals surface area contributed by atoms with Crippen molar-refractivity contribution in [2.45, 2.75) is 38.3 Å². The number of aliphatic carboxylic acids is 1. The van der Waals surface area contributed by atoms with Crippen LogP contribution in [0.1, 0.15) is 43.4 Å². The normalized spacial score (nSPS) is 29.8. The number of fused-ring (bicyclic) bond motifs is 1. The fraction of sp³-hybridized carbons (Fsp3) is 0.529. The topological polar surface area (TPSA) is 64.3 Å². The lowest BCUT2D eigenvalue weighted by atomic mass is 9.94. The van der Waals surface area contributed by atoms with E-state index in [0.29, 0.717) is 17.4 Å². The highest BCUT2D eigenvalue weighted by atomic mass is 16.4. The van der Waals surface area contributed by atoms with Gasteiger partial charge in [-0.1, -0.05) is 18.6 Å². The fourth-order valence-corrected chi connectivity index (χ4v) is 4.12. The van der Waals surface area contributed by atoms with Crippen LogP contribution in [0.25, 0.3) is 0 Å². The Hall–Kier alpha value is -1.86. The van der Waals surface area contributed by atoms with Gasteiger partial charge in [-0.2, -0.15) is 5.26 Å². The molecule has 1 heterocycles. The Kier molecular flexibility index (Phi) is 3.69. The molecule has 1 aromatic carbocycles. The van der Waals surface area contributed by atoms with Crippen LogP contribution < -0.4 is 0 Å². The van der Waals surface area contributed by atoms with Crippen LogP contribution in [0.4, 0.5) is 0 Å². The van der Waals surface area contributed by atoms with Crippen molar-refractivity contribution in [3.8, 4) is 6.07 Å². The molecule has 4 heteroatoms. The third-order valence-corrected chi connectivity index (χ3v) is 5.17. The van der Waals surface area contributed by atoms with Gasteiger partial charge < -0.3 is 5.11 Å². The summed E-state index contributed by atoms with van der Waals surface area (Å²) < 4.78 is 0. The molecule has 4 unspecified atom stereocenters. The highest BCUT2D eigenvalue weighted by molar-refractivity contribution is 5.74. The summed E-state index contributed by atoms with van der Waals surface area (Å²) in [5.74, 6) is 0.115. The van der Waals surface area contributed by atoms with Crippen molar-refractivity contribution in [3.63, 3.8) is 0 Å². The molecule has 2 fully saturated rings. The second kappa shape index (κ2) is 5.50. The Labute approximate surface area is 125 Å². The standard InChI is InChI=1S/C17H20N2O2/c1-11(13-5-2-4-12(8-13)9-18)19-10-14-6-3-7-15(14)16(19)17(20)21/h2,4-5,8,11,14-16H,3,6-7,10H2,1H3,(H,20,21). The van der Waals surface area contributed by atoms with Crippen LogP contribution in [-0.2, 0) is 4.79 Å². The quantitative estimate of drug-likeness (QED) is 0.927. The van der Waals surface area contributed by atoms with Crippen molar-refractivity contribution in [1.82, 2.24) is 4.90 Å². The predicted molar refractivity (Wildman–Crippen MR) is 78.5 cm³/mol. The van der Waals surface area contributed by atoms with Crippen molar-refractivity contribution in [2.75, 3.05) is 6.54 Å². The SMILES string of the molecule is CC(c1cccc(C#N)c1)N1CC2CCCC2C1C(=O)O. The molecule has 4 atom stereocenters. The molecule has 0 radical (unpaired) electrons. The Morgan fingerprint density at radius 3 is 3.00 bits per heavy atom. The largest absolute Gasteiger partial charge is 0.480 e. The Balaban J connectivity index is 1.88. The van der Waals surface area contributed by atoms with Gasteiger partial charge in [-0.25, -0.2) is 0 Å². The summed E-state index contributed by atoms with van der Waals surface area (Å²) in [5.41, 5.74) is 1.66. The molecule has 0 spiro atoms. The van der Waals surface area contributed by atoms with E-state index in [1.165, 1.54) is 0 Å². The number of carbonyl (C=O) groups is 1. The van der Waals surface area contributed by atoms with Crippen molar-refractivity contribution in [3.05, 3.63) is 35.4 Å². The first kappa shape index (κ1) is 14.1. The monoisotopic (exact) mass is 284 g/mol. The number of likely N-dealkylation sites (tertiary alicyclic amines) is 1.